The molecule has 0 saturated heterocycles. The molecule has 140 valence electrons. The zero-order valence-corrected chi connectivity index (χ0v) is 15.7. The Morgan fingerprint density at radius 3 is 2.76 bits per heavy atom. The molecule has 0 spiro atoms. The second-order valence-electron chi connectivity index (χ2n) is 6.81. The summed E-state index contributed by atoms with van der Waals surface area (Å²) in [5.41, 5.74) is 1.20. The monoisotopic (exact) mass is 349 g/mol. The highest BCUT2D eigenvalue weighted by Crippen LogP contribution is 2.27. The Balaban J connectivity index is 1.80. The molecule has 0 aromatic heterocycles. The van der Waals surface area contributed by atoms with Crippen LogP contribution in [0.5, 0.6) is 11.5 Å². The highest BCUT2D eigenvalue weighted by molar-refractivity contribution is 5.78. The summed E-state index contributed by atoms with van der Waals surface area (Å²) in [6, 6.07) is 6.25. The van der Waals surface area contributed by atoms with Gasteiger partial charge in [0.25, 0.3) is 5.91 Å². The summed E-state index contributed by atoms with van der Waals surface area (Å²) in [5.74, 6) is 1.26. The van der Waals surface area contributed by atoms with E-state index in [1.807, 2.05) is 18.2 Å². The van der Waals surface area contributed by atoms with Crippen LogP contribution in [0.4, 0.5) is 0 Å². The lowest BCUT2D eigenvalue weighted by atomic mass is 9.95. The molecule has 0 radical (unpaired) electrons. The van der Waals surface area contributed by atoms with Crippen LogP contribution in [0, 0.1) is 0 Å². The van der Waals surface area contributed by atoms with Crippen molar-refractivity contribution in [2.24, 2.45) is 0 Å². The van der Waals surface area contributed by atoms with E-state index in [2.05, 4.69) is 17.6 Å². The number of carbonyl (C=O) groups excluding carboxylic acids is 1. The molecular weight excluding hydrogens is 316 g/mol. The molecule has 0 unspecified atom stereocenters. The molecule has 5 heteroatoms. The lowest BCUT2D eigenvalue weighted by Gasteiger charge is -2.22. The molecule has 1 fully saturated rings. The van der Waals surface area contributed by atoms with Gasteiger partial charge in [-0.05, 0) is 37.5 Å². The molecule has 1 saturated carbocycles. The normalized spacial score (nSPS) is 15.0. The van der Waals surface area contributed by atoms with Gasteiger partial charge in [0.05, 0.1) is 13.7 Å². The number of unbranched alkanes of at least 4 members (excludes halogenated alkanes) is 1. The molecule has 25 heavy (non-hydrogen) atoms. The number of benzene rings is 1. The predicted molar refractivity (Wildman–Crippen MR) is 98.9 cm³/mol. The van der Waals surface area contributed by atoms with Crippen LogP contribution >= 0.6 is 0 Å². The van der Waals surface area contributed by atoms with Crippen LogP contribution in [-0.4, -0.2) is 32.2 Å². The number of nitrogens with one attached hydrogen (secondary N) is 1. The third-order valence-electron chi connectivity index (χ3n) is 4.70. The van der Waals surface area contributed by atoms with E-state index in [9.17, 15) is 4.79 Å². The van der Waals surface area contributed by atoms with Crippen molar-refractivity contribution >= 4 is 5.91 Å². The molecule has 0 aliphatic heterocycles. The van der Waals surface area contributed by atoms with Crippen molar-refractivity contribution in [3.05, 3.63) is 23.8 Å². The van der Waals surface area contributed by atoms with E-state index in [1.165, 1.54) is 37.7 Å². The minimum atomic E-state index is -0.0501. The van der Waals surface area contributed by atoms with Crippen LogP contribution < -0.4 is 20.1 Å². The molecule has 5 nitrogen and oxygen atoms in total. The lowest BCUT2D eigenvalue weighted by Crippen LogP contribution is -2.82. The number of rotatable bonds is 10. The van der Waals surface area contributed by atoms with E-state index in [4.69, 9.17) is 9.47 Å². The van der Waals surface area contributed by atoms with Crippen LogP contribution in [0.1, 0.15) is 57.4 Å². The molecule has 0 bridgehead atoms. The number of ether oxygens (including phenoxy) is 2. The quantitative estimate of drug-likeness (QED) is 0.638. The van der Waals surface area contributed by atoms with E-state index in [0.29, 0.717) is 17.5 Å². The van der Waals surface area contributed by atoms with Gasteiger partial charge in [-0.25, -0.2) is 0 Å². The van der Waals surface area contributed by atoms with Crippen molar-refractivity contribution in [2.75, 3.05) is 20.3 Å². The third kappa shape index (κ3) is 6.94. The number of amides is 1. The fourth-order valence-corrected chi connectivity index (χ4v) is 3.23. The summed E-state index contributed by atoms with van der Waals surface area (Å²) >= 11 is 0. The van der Waals surface area contributed by atoms with Crippen LogP contribution in [0.3, 0.4) is 0 Å². The van der Waals surface area contributed by atoms with Crippen LogP contribution in [0.15, 0.2) is 18.2 Å². The molecule has 1 aliphatic carbocycles. The van der Waals surface area contributed by atoms with Gasteiger partial charge in [-0.15, -0.1) is 0 Å². The van der Waals surface area contributed by atoms with Gasteiger partial charge in [0.1, 0.15) is 6.54 Å². The maximum Gasteiger partial charge on any atom is 0.258 e. The molecule has 1 amide bonds. The average molecular weight is 349 g/mol. The smallest absolute Gasteiger partial charge is 0.258 e. The molecule has 1 aliphatic rings. The second-order valence-corrected chi connectivity index (χ2v) is 6.81. The molecule has 1 aromatic carbocycles. The zero-order chi connectivity index (χ0) is 17.9. The van der Waals surface area contributed by atoms with Crippen molar-refractivity contribution in [2.45, 2.75) is 64.5 Å². The average Bonchev–Trinajstić information content (AvgIpc) is 2.64. The topological polar surface area (TPSA) is 64.2 Å². The number of quaternary nitrogens is 1. The van der Waals surface area contributed by atoms with Gasteiger partial charge >= 0.3 is 0 Å². The van der Waals surface area contributed by atoms with E-state index >= 15 is 0 Å². The van der Waals surface area contributed by atoms with Gasteiger partial charge in [0.2, 0.25) is 0 Å². The highest BCUT2D eigenvalue weighted by atomic mass is 16.5. The van der Waals surface area contributed by atoms with Gasteiger partial charge in [0, 0.05) is 11.6 Å². The van der Waals surface area contributed by atoms with Crippen LogP contribution in [0.2, 0.25) is 0 Å². The maximum absolute atomic E-state index is 12.1. The molecule has 0 atom stereocenters. The largest absolute Gasteiger partial charge is 0.493 e. The fourth-order valence-electron chi connectivity index (χ4n) is 3.23. The summed E-state index contributed by atoms with van der Waals surface area (Å²) < 4.78 is 11.1. The minimum Gasteiger partial charge on any atom is -0.493 e. The van der Waals surface area contributed by atoms with Gasteiger partial charge < -0.3 is 20.1 Å². The minimum absolute atomic E-state index is 0.0365. The zero-order valence-electron chi connectivity index (χ0n) is 15.7. The van der Waals surface area contributed by atoms with Gasteiger partial charge in [-0.2, -0.15) is 0 Å². The Bertz CT molecular complexity index is 528. The van der Waals surface area contributed by atoms with E-state index in [-0.39, 0.29) is 12.5 Å². The Morgan fingerprint density at radius 1 is 1.24 bits per heavy atom. The number of hydrogen-bond donors (Lipinski definition) is 2. The highest BCUT2D eigenvalue weighted by Gasteiger charge is 2.16. The molecule has 1 aromatic rings. The van der Waals surface area contributed by atoms with Crippen LogP contribution in [0.25, 0.3) is 0 Å². The lowest BCUT2D eigenvalue weighted by molar-refractivity contribution is -0.670. The van der Waals surface area contributed by atoms with Gasteiger partial charge in [-0.3, -0.25) is 4.79 Å². The number of carbonyl (C=O) groups is 1. The number of nitrogens with two attached hydrogens (primary N) is 1. The summed E-state index contributed by atoms with van der Waals surface area (Å²) in [6.07, 6.45) is 8.30. The van der Waals surface area contributed by atoms with E-state index in [1.54, 1.807) is 7.11 Å². The van der Waals surface area contributed by atoms with Gasteiger partial charge in [-0.1, -0.05) is 32.6 Å². The van der Waals surface area contributed by atoms with Crippen molar-refractivity contribution in [3.63, 3.8) is 0 Å². The van der Waals surface area contributed by atoms with Crippen molar-refractivity contribution in [1.82, 2.24) is 5.32 Å². The Morgan fingerprint density at radius 2 is 2.04 bits per heavy atom. The summed E-state index contributed by atoms with van der Waals surface area (Å²) in [5, 5.41) is 5.37. The first kappa shape index (κ1) is 19.6. The van der Waals surface area contributed by atoms with Gasteiger partial charge in [0.15, 0.2) is 18.1 Å². The second kappa shape index (κ2) is 11.0. The maximum atomic E-state index is 12.1. The third-order valence-corrected chi connectivity index (χ3v) is 4.70. The Hall–Kier alpha value is -1.75. The summed E-state index contributed by atoms with van der Waals surface area (Å²) in [4.78, 5) is 12.1. The SMILES string of the molecule is CCCC[NH2+]Cc1ccc(OCC(=O)NC2CCCCC2)c(OC)c1. The standard InChI is InChI=1S/C20H32N2O3/c1-3-4-12-21-14-16-10-11-18(19(13-16)24-2)25-15-20(23)22-17-8-6-5-7-9-17/h10-11,13,17,21H,3-9,12,14-15H2,1-2H3,(H,22,23)/p+1. The first-order chi connectivity index (χ1) is 12.2. The van der Waals surface area contributed by atoms with E-state index < -0.39 is 0 Å². The summed E-state index contributed by atoms with van der Waals surface area (Å²) in [6.45, 7) is 4.31. The summed E-state index contributed by atoms with van der Waals surface area (Å²) in [7, 11) is 1.63. The molecule has 0 heterocycles. The molecule has 2 rings (SSSR count). The molecular formula is C20H33N2O3+. The number of hydrogen-bond acceptors (Lipinski definition) is 3. The predicted octanol–water partition coefficient (Wildman–Crippen LogP) is 2.39. The number of methoxy groups -OCH3 is 1. The Kier molecular flexibility index (Phi) is 8.60. The molecule has 3 N–H and O–H groups in total. The van der Waals surface area contributed by atoms with E-state index in [0.717, 1.165) is 25.9 Å². The van der Waals surface area contributed by atoms with Crippen molar-refractivity contribution in [3.8, 4) is 11.5 Å². The van der Waals surface area contributed by atoms with Crippen molar-refractivity contribution in [1.29, 1.82) is 0 Å². The first-order valence-corrected chi connectivity index (χ1v) is 9.63. The fraction of sp³-hybridized carbons (Fsp3) is 0.650. The van der Waals surface area contributed by atoms with Crippen LogP contribution in [-0.2, 0) is 11.3 Å². The Labute approximate surface area is 151 Å². The first-order valence-electron chi connectivity index (χ1n) is 9.63. The van der Waals surface area contributed by atoms with Crippen molar-refractivity contribution < 1.29 is 19.6 Å².